The van der Waals surface area contributed by atoms with Crippen molar-refractivity contribution < 1.29 is 13.2 Å². The summed E-state index contributed by atoms with van der Waals surface area (Å²) < 4.78 is 25.1. The molecule has 4 rings (SSSR count). The van der Waals surface area contributed by atoms with E-state index in [1.807, 2.05) is 12.1 Å². The maximum atomic E-state index is 12.6. The van der Waals surface area contributed by atoms with Crippen molar-refractivity contribution in [1.29, 1.82) is 0 Å². The van der Waals surface area contributed by atoms with Crippen LogP contribution in [0.3, 0.4) is 0 Å². The number of anilines is 1. The molecule has 29 heavy (non-hydrogen) atoms. The van der Waals surface area contributed by atoms with Crippen molar-refractivity contribution in [3.8, 4) is 0 Å². The lowest BCUT2D eigenvalue weighted by Crippen LogP contribution is -2.38. The van der Waals surface area contributed by atoms with E-state index in [4.69, 9.17) is 23.2 Å². The Kier molecular flexibility index (Phi) is 6.01. The molecule has 2 aliphatic heterocycles. The highest BCUT2D eigenvalue weighted by Gasteiger charge is 2.49. The lowest BCUT2D eigenvalue weighted by Gasteiger charge is -2.25. The third-order valence-electron chi connectivity index (χ3n) is 4.76. The molecule has 0 N–H and O–H groups in total. The predicted octanol–water partition coefficient (Wildman–Crippen LogP) is 4.60. The van der Waals surface area contributed by atoms with Gasteiger partial charge in [0.2, 0.25) is 0 Å². The van der Waals surface area contributed by atoms with E-state index in [2.05, 4.69) is 20.9 Å². The maximum Gasteiger partial charge on any atom is 0.252 e. The summed E-state index contributed by atoms with van der Waals surface area (Å²) in [4.78, 5) is 18.7. The quantitative estimate of drug-likeness (QED) is 0.576. The molecule has 0 bridgehead atoms. The molecule has 5 nitrogen and oxygen atoms in total. The fourth-order valence-electron chi connectivity index (χ4n) is 3.47. The number of halogens is 3. The molecule has 152 valence electrons. The number of thioether (sulfide) groups is 1. The number of hydrogen-bond donors (Lipinski definition) is 0. The average molecular weight is 534 g/mol. The summed E-state index contributed by atoms with van der Waals surface area (Å²) in [6, 6.07) is 12.2. The minimum absolute atomic E-state index is 0.00871. The Morgan fingerprint density at radius 3 is 2.66 bits per heavy atom. The third kappa shape index (κ3) is 4.51. The number of amides is 1. The zero-order chi connectivity index (χ0) is 20.8. The first-order chi connectivity index (χ1) is 13.7. The average Bonchev–Trinajstić information content (AvgIpc) is 3.08. The first kappa shape index (κ1) is 21.2. The van der Waals surface area contributed by atoms with Crippen LogP contribution in [0.15, 0.2) is 51.9 Å². The van der Waals surface area contributed by atoms with Gasteiger partial charge in [0.05, 0.1) is 34.7 Å². The van der Waals surface area contributed by atoms with Gasteiger partial charge >= 0.3 is 0 Å². The predicted molar refractivity (Wildman–Crippen MR) is 123 cm³/mol. The molecule has 2 unspecified atom stereocenters. The van der Waals surface area contributed by atoms with Crippen molar-refractivity contribution >= 4 is 77.5 Å². The molecule has 1 amide bonds. The van der Waals surface area contributed by atoms with Crippen LogP contribution in [0.25, 0.3) is 0 Å². The SMILES string of the molecule is O=C(Cc1ccccc1Cl)N=C1SC2CS(=O)(=O)CC2N1c1ccc(Br)cc1Cl. The van der Waals surface area contributed by atoms with Crippen LogP contribution in [0.5, 0.6) is 0 Å². The van der Waals surface area contributed by atoms with Gasteiger partial charge in [0.25, 0.3) is 5.91 Å². The van der Waals surface area contributed by atoms with Crippen LogP contribution in [0.1, 0.15) is 5.56 Å². The zero-order valence-corrected chi connectivity index (χ0v) is 19.6. The van der Waals surface area contributed by atoms with Crippen molar-refractivity contribution in [2.75, 3.05) is 16.4 Å². The normalized spacial score (nSPS) is 24.1. The molecule has 0 radical (unpaired) electrons. The molecule has 2 heterocycles. The third-order valence-corrected chi connectivity index (χ3v) is 9.13. The van der Waals surface area contributed by atoms with E-state index in [1.54, 1.807) is 35.2 Å². The Morgan fingerprint density at radius 1 is 1.17 bits per heavy atom. The molecule has 0 aromatic heterocycles. The van der Waals surface area contributed by atoms with Crippen LogP contribution >= 0.6 is 50.9 Å². The molecule has 2 atom stereocenters. The van der Waals surface area contributed by atoms with E-state index < -0.39 is 9.84 Å². The minimum Gasteiger partial charge on any atom is -0.314 e. The molecule has 2 saturated heterocycles. The molecule has 0 spiro atoms. The Balaban J connectivity index is 1.68. The summed E-state index contributed by atoms with van der Waals surface area (Å²) >= 11 is 17.3. The molecule has 2 aliphatic rings. The minimum atomic E-state index is -3.15. The van der Waals surface area contributed by atoms with E-state index in [0.717, 1.165) is 4.47 Å². The van der Waals surface area contributed by atoms with Crippen molar-refractivity contribution in [2.24, 2.45) is 4.99 Å². The molecule has 2 aromatic carbocycles. The van der Waals surface area contributed by atoms with Gasteiger partial charge in [-0.25, -0.2) is 8.42 Å². The second-order valence-corrected chi connectivity index (χ2v) is 11.9. The number of fused-ring (bicyclic) bond motifs is 1. The summed E-state index contributed by atoms with van der Waals surface area (Å²) in [5, 5.41) is 1.25. The standard InChI is InChI=1S/C19H15BrCl2N2O3S2/c20-12-5-6-15(14(22)8-12)24-16-9-29(26,27)10-17(16)28-19(24)23-18(25)7-11-3-1-2-4-13(11)21/h1-6,8,16-17H,7,9-10H2. The van der Waals surface area contributed by atoms with Gasteiger partial charge in [-0.1, -0.05) is 69.1 Å². The molecular formula is C19H15BrCl2N2O3S2. The van der Waals surface area contributed by atoms with Crippen molar-refractivity contribution in [2.45, 2.75) is 17.7 Å². The number of carbonyl (C=O) groups excluding carboxylic acids is 1. The second-order valence-electron chi connectivity index (χ2n) is 6.82. The van der Waals surface area contributed by atoms with Crippen molar-refractivity contribution in [3.63, 3.8) is 0 Å². The van der Waals surface area contributed by atoms with E-state index >= 15 is 0 Å². The van der Waals surface area contributed by atoms with Gasteiger partial charge in [-0.15, -0.1) is 0 Å². The van der Waals surface area contributed by atoms with Gasteiger partial charge < -0.3 is 4.90 Å². The highest BCUT2D eigenvalue weighted by atomic mass is 79.9. The highest BCUT2D eigenvalue weighted by molar-refractivity contribution is 9.10. The number of benzene rings is 2. The van der Waals surface area contributed by atoms with E-state index in [-0.39, 0.29) is 35.1 Å². The van der Waals surface area contributed by atoms with Crippen LogP contribution in [0.4, 0.5) is 5.69 Å². The van der Waals surface area contributed by atoms with E-state index in [1.165, 1.54) is 11.8 Å². The number of nitrogens with zero attached hydrogens (tertiary/aromatic N) is 2. The number of hydrogen-bond acceptors (Lipinski definition) is 4. The smallest absolute Gasteiger partial charge is 0.252 e. The summed E-state index contributed by atoms with van der Waals surface area (Å²) in [6.45, 7) is 0. The molecule has 0 saturated carbocycles. The highest BCUT2D eigenvalue weighted by Crippen LogP contribution is 2.43. The summed E-state index contributed by atoms with van der Waals surface area (Å²) in [5.74, 6) is -0.277. The molecule has 10 heteroatoms. The lowest BCUT2D eigenvalue weighted by atomic mass is 10.1. The number of aliphatic imine (C=N–C) groups is 1. The van der Waals surface area contributed by atoms with Crippen molar-refractivity contribution in [3.05, 3.63) is 62.5 Å². The number of rotatable bonds is 3. The van der Waals surface area contributed by atoms with Crippen LogP contribution in [-0.2, 0) is 21.1 Å². The van der Waals surface area contributed by atoms with Crippen LogP contribution in [0, 0.1) is 0 Å². The van der Waals surface area contributed by atoms with Gasteiger partial charge in [-0.3, -0.25) is 4.79 Å². The number of amidine groups is 1. The fraction of sp³-hybridized carbons (Fsp3) is 0.263. The van der Waals surface area contributed by atoms with Gasteiger partial charge in [0, 0.05) is 14.7 Å². The second kappa shape index (κ2) is 8.23. The fourth-order valence-corrected chi connectivity index (χ4v) is 8.36. The van der Waals surface area contributed by atoms with Crippen LogP contribution < -0.4 is 4.90 Å². The summed E-state index contributed by atoms with van der Waals surface area (Å²) in [6.07, 6.45) is 0.0687. The van der Waals surface area contributed by atoms with Crippen LogP contribution in [0.2, 0.25) is 10.0 Å². The molecular weight excluding hydrogens is 519 g/mol. The topological polar surface area (TPSA) is 66.8 Å². The van der Waals surface area contributed by atoms with Crippen molar-refractivity contribution in [1.82, 2.24) is 0 Å². The summed E-state index contributed by atoms with van der Waals surface area (Å²) in [7, 11) is -3.15. The van der Waals surface area contributed by atoms with Gasteiger partial charge in [-0.2, -0.15) is 4.99 Å². The first-order valence-electron chi connectivity index (χ1n) is 8.70. The summed E-state index contributed by atoms with van der Waals surface area (Å²) in [5.41, 5.74) is 1.33. The van der Waals surface area contributed by atoms with E-state index in [9.17, 15) is 13.2 Å². The lowest BCUT2D eigenvalue weighted by molar-refractivity contribution is -0.117. The maximum absolute atomic E-state index is 12.6. The largest absolute Gasteiger partial charge is 0.314 e. The zero-order valence-electron chi connectivity index (χ0n) is 14.9. The Bertz CT molecular complexity index is 1120. The molecule has 2 fully saturated rings. The Morgan fingerprint density at radius 2 is 1.93 bits per heavy atom. The number of carbonyl (C=O) groups is 1. The van der Waals surface area contributed by atoms with Crippen LogP contribution in [-0.4, -0.2) is 42.3 Å². The number of sulfone groups is 1. The van der Waals surface area contributed by atoms with E-state index in [0.29, 0.717) is 26.5 Å². The Hall–Kier alpha value is -1.06. The molecule has 0 aliphatic carbocycles. The van der Waals surface area contributed by atoms with Gasteiger partial charge in [0.15, 0.2) is 15.0 Å². The van der Waals surface area contributed by atoms with Gasteiger partial charge in [0.1, 0.15) is 0 Å². The van der Waals surface area contributed by atoms with Gasteiger partial charge in [-0.05, 0) is 29.8 Å². The molecule has 2 aromatic rings. The first-order valence-corrected chi connectivity index (χ1v) is 12.9. The monoisotopic (exact) mass is 532 g/mol. The Labute approximate surface area is 191 Å².